The highest BCUT2D eigenvalue weighted by molar-refractivity contribution is 7.87. The first-order chi connectivity index (χ1) is 19.7. The molecular weight excluding hydrogens is 565 g/mol. The Hall–Kier alpha value is -2.84. The number of methoxy groups -OCH3 is 1. The molecule has 1 aliphatic rings. The molecule has 1 fully saturated rings. The second-order valence-corrected chi connectivity index (χ2v) is 10.8. The summed E-state index contributed by atoms with van der Waals surface area (Å²) in [6, 6.07) is 26.9. The molecule has 0 bridgehead atoms. The zero-order valence-electron chi connectivity index (χ0n) is 22.2. The van der Waals surface area contributed by atoms with Gasteiger partial charge in [0.25, 0.3) is 0 Å². The third-order valence-electron chi connectivity index (χ3n) is 6.31. The molecule has 0 aliphatic carbocycles. The first kappa shape index (κ1) is 31.1. The normalized spacial score (nSPS) is 23.4. The molecule has 4 rings (SSSR count). The van der Waals surface area contributed by atoms with Crippen molar-refractivity contribution in [3.63, 3.8) is 0 Å². The minimum absolute atomic E-state index is 0.0217. The van der Waals surface area contributed by atoms with Gasteiger partial charge in [0, 0.05) is 7.11 Å². The van der Waals surface area contributed by atoms with Crippen LogP contribution < -0.4 is 0 Å². The van der Waals surface area contributed by atoms with E-state index < -0.39 is 46.3 Å². The van der Waals surface area contributed by atoms with Gasteiger partial charge in [0.1, 0.15) is 24.4 Å². The summed E-state index contributed by atoms with van der Waals surface area (Å²) in [6.07, 6.45) is -6.77. The molecule has 8 nitrogen and oxygen atoms in total. The maximum Gasteiger partial charge on any atom is 0.523 e. The fraction of sp³-hybridized carbons (Fsp3) is 0.379. The molecule has 0 spiro atoms. The molecule has 222 valence electrons. The van der Waals surface area contributed by atoms with Crippen molar-refractivity contribution >= 4 is 10.1 Å². The number of halogens is 3. The van der Waals surface area contributed by atoms with Gasteiger partial charge in [-0.2, -0.15) is 21.6 Å². The lowest BCUT2D eigenvalue weighted by molar-refractivity contribution is -0.312. The minimum atomic E-state index is -6.05. The maximum absolute atomic E-state index is 13.5. The molecule has 0 aromatic heterocycles. The van der Waals surface area contributed by atoms with E-state index in [1.54, 1.807) is 78.9 Å². The second kappa shape index (κ2) is 14.4. The van der Waals surface area contributed by atoms with Crippen molar-refractivity contribution < 1.29 is 49.5 Å². The highest BCUT2D eigenvalue weighted by Gasteiger charge is 2.55. The topological polar surface area (TPSA) is 89.5 Å². The second-order valence-electron chi connectivity index (χ2n) is 9.26. The molecule has 0 amide bonds. The van der Waals surface area contributed by atoms with Gasteiger partial charge in [-0.25, -0.2) is 0 Å². The number of alkyl halides is 3. The Kier molecular flexibility index (Phi) is 10.9. The molecule has 1 heterocycles. The van der Waals surface area contributed by atoms with Gasteiger partial charge in [0.15, 0.2) is 6.29 Å². The number of rotatable bonds is 13. The summed E-state index contributed by atoms with van der Waals surface area (Å²) in [6.45, 7) is -0.269. The lowest BCUT2D eigenvalue weighted by atomic mass is 9.98. The minimum Gasteiger partial charge on any atom is -0.374 e. The molecule has 12 heteroatoms. The van der Waals surface area contributed by atoms with Crippen molar-refractivity contribution in [2.45, 2.75) is 56.0 Å². The van der Waals surface area contributed by atoms with Gasteiger partial charge in [-0.3, -0.25) is 4.18 Å². The van der Waals surface area contributed by atoms with Crippen molar-refractivity contribution in [2.24, 2.45) is 0 Å². The number of hydrogen-bond donors (Lipinski definition) is 0. The van der Waals surface area contributed by atoms with E-state index in [9.17, 15) is 21.6 Å². The lowest BCUT2D eigenvalue weighted by Crippen LogP contribution is -2.62. The zero-order valence-corrected chi connectivity index (χ0v) is 23.0. The van der Waals surface area contributed by atoms with Crippen LogP contribution in [0.1, 0.15) is 16.7 Å². The van der Waals surface area contributed by atoms with Gasteiger partial charge in [-0.05, 0) is 16.7 Å². The molecule has 0 N–H and O–H groups in total. The summed E-state index contributed by atoms with van der Waals surface area (Å²) >= 11 is 0. The smallest absolute Gasteiger partial charge is 0.374 e. The number of ether oxygens (including phenoxy) is 5. The van der Waals surface area contributed by atoms with Gasteiger partial charge < -0.3 is 23.7 Å². The van der Waals surface area contributed by atoms with E-state index in [0.29, 0.717) is 5.56 Å². The first-order valence-corrected chi connectivity index (χ1v) is 14.2. The molecule has 0 radical (unpaired) electrons. The summed E-state index contributed by atoms with van der Waals surface area (Å²) in [5.74, 6) is 0. The summed E-state index contributed by atoms with van der Waals surface area (Å²) < 4.78 is 99.1. The van der Waals surface area contributed by atoms with E-state index in [4.69, 9.17) is 27.9 Å². The van der Waals surface area contributed by atoms with Crippen molar-refractivity contribution in [3.05, 3.63) is 108 Å². The van der Waals surface area contributed by atoms with Gasteiger partial charge in [-0.1, -0.05) is 91.0 Å². The van der Waals surface area contributed by atoms with Crippen LogP contribution in [0.4, 0.5) is 13.2 Å². The summed E-state index contributed by atoms with van der Waals surface area (Å²) in [4.78, 5) is 0. The average Bonchev–Trinajstić information content (AvgIpc) is 2.97. The Morgan fingerprint density at radius 1 is 0.707 bits per heavy atom. The van der Waals surface area contributed by atoms with E-state index in [2.05, 4.69) is 0 Å². The van der Waals surface area contributed by atoms with Crippen molar-refractivity contribution in [2.75, 3.05) is 13.7 Å². The summed E-state index contributed by atoms with van der Waals surface area (Å²) in [5.41, 5.74) is -3.42. The van der Waals surface area contributed by atoms with E-state index in [0.717, 1.165) is 11.1 Å². The monoisotopic (exact) mass is 596 g/mol. The molecule has 3 aromatic carbocycles. The highest BCUT2D eigenvalue weighted by atomic mass is 32.2. The predicted octanol–water partition coefficient (Wildman–Crippen LogP) is 4.98. The van der Waals surface area contributed by atoms with E-state index in [1.807, 2.05) is 12.1 Å². The molecule has 5 atom stereocenters. The quantitative estimate of drug-likeness (QED) is 0.202. The zero-order chi connectivity index (χ0) is 29.3. The van der Waals surface area contributed by atoms with Gasteiger partial charge in [0.05, 0.1) is 26.4 Å². The van der Waals surface area contributed by atoms with Gasteiger partial charge in [-0.15, -0.1) is 0 Å². The fourth-order valence-corrected chi connectivity index (χ4v) is 4.92. The van der Waals surface area contributed by atoms with Gasteiger partial charge >= 0.3 is 15.6 Å². The third-order valence-corrected chi connectivity index (χ3v) is 7.35. The van der Waals surface area contributed by atoms with Crippen LogP contribution >= 0.6 is 0 Å². The molecular formula is C29H31F3O8S. The van der Waals surface area contributed by atoms with E-state index in [1.165, 1.54) is 7.11 Å². The number of benzene rings is 3. The van der Waals surface area contributed by atoms with Crippen molar-refractivity contribution in [1.29, 1.82) is 0 Å². The standard InChI is InChI=1S/C29H31F3O8S/c1-35-28-27(38-19-23-15-9-4-10-16-23)26(37-18-22-13-7-3-8-14-22)25(40-41(33,34)29(30,31)32)24(39-28)20-36-17-21-11-5-2-6-12-21/h2-16,24-28H,17-20H2,1H3/t24-,25-,26+,27-,28+/m1/s1. The number of hydrogen-bond acceptors (Lipinski definition) is 8. The Morgan fingerprint density at radius 3 is 1.63 bits per heavy atom. The van der Waals surface area contributed by atoms with Crippen LogP contribution in [0, 0.1) is 0 Å². The molecule has 1 saturated heterocycles. The molecule has 41 heavy (non-hydrogen) atoms. The SMILES string of the molecule is CO[C@H]1O[C@H](COCc2ccccc2)[C@@H](OS(=O)(=O)C(F)(F)F)[C@H](OCc2ccccc2)[C@H]1OCc1ccccc1. The van der Waals surface area contributed by atoms with Crippen molar-refractivity contribution in [1.82, 2.24) is 0 Å². The molecule has 1 aliphatic heterocycles. The molecule has 0 saturated carbocycles. The summed E-state index contributed by atoms with van der Waals surface area (Å²) in [5, 5.41) is 0. The Balaban J connectivity index is 1.64. The van der Waals surface area contributed by atoms with E-state index >= 15 is 0 Å². The maximum atomic E-state index is 13.5. The van der Waals surface area contributed by atoms with Crippen LogP contribution in [0.2, 0.25) is 0 Å². The van der Waals surface area contributed by atoms with Crippen LogP contribution in [0.25, 0.3) is 0 Å². The largest absolute Gasteiger partial charge is 0.523 e. The highest BCUT2D eigenvalue weighted by Crippen LogP contribution is 2.34. The van der Waals surface area contributed by atoms with Crippen LogP contribution in [0.15, 0.2) is 91.0 Å². The first-order valence-electron chi connectivity index (χ1n) is 12.8. The Morgan fingerprint density at radius 2 is 1.17 bits per heavy atom. The van der Waals surface area contributed by atoms with E-state index in [-0.39, 0.29) is 26.4 Å². The van der Waals surface area contributed by atoms with Crippen LogP contribution in [-0.2, 0) is 57.8 Å². The van der Waals surface area contributed by atoms with Crippen LogP contribution in [0.5, 0.6) is 0 Å². The predicted molar refractivity (Wildman–Crippen MR) is 142 cm³/mol. The molecule has 0 unspecified atom stereocenters. The molecule has 3 aromatic rings. The third kappa shape index (κ3) is 8.58. The van der Waals surface area contributed by atoms with Crippen molar-refractivity contribution in [3.8, 4) is 0 Å². The summed E-state index contributed by atoms with van der Waals surface area (Å²) in [7, 11) is -4.71. The van der Waals surface area contributed by atoms with Gasteiger partial charge in [0.2, 0.25) is 0 Å². The average molecular weight is 597 g/mol. The fourth-order valence-electron chi connectivity index (χ4n) is 4.29. The Bertz CT molecular complexity index is 1290. The Labute approximate surface area is 237 Å². The van der Waals surface area contributed by atoms with Crippen LogP contribution in [0.3, 0.4) is 0 Å². The lowest BCUT2D eigenvalue weighted by Gasteiger charge is -2.45. The van der Waals surface area contributed by atoms with Crippen LogP contribution in [-0.4, -0.2) is 58.3 Å².